The second-order valence-corrected chi connectivity index (χ2v) is 8.45. The maximum atomic E-state index is 6.17. The van der Waals surface area contributed by atoms with Crippen LogP contribution in [-0.2, 0) is 0 Å². The minimum atomic E-state index is 0.295. The van der Waals surface area contributed by atoms with Crippen molar-refractivity contribution in [1.82, 2.24) is 0 Å². The molecule has 0 heterocycles. The molecule has 0 aliphatic heterocycles. The van der Waals surface area contributed by atoms with Crippen molar-refractivity contribution >= 4 is 0 Å². The molecule has 2 N–H and O–H groups in total. The highest BCUT2D eigenvalue weighted by molar-refractivity contribution is 5.30. The Morgan fingerprint density at radius 3 is 2.85 bits per heavy atom. The number of nitrogens with two attached hydrogens (primary N) is 1. The molecule has 0 saturated heterocycles. The van der Waals surface area contributed by atoms with Crippen molar-refractivity contribution in [3.05, 3.63) is 23.8 Å². The van der Waals surface area contributed by atoms with Crippen LogP contribution in [-0.4, -0.2) is 6.04 Å². The van der Waals surface area contributed by atoms with Crippen LogP contribution in [0.1, 0.15) is 58.8 Å². The number of allylic oxidation sites excluding steroid dienone is 3. The van der Waals surface area contributed by atoms with Crippen LogP contribution < -0.4 is 5.73 Å². The van der Waals surface area contributed by atoms with Gasteiger partial charge in [0.05, 0.1) is 0 Å². The fourth-order valence-electron chi connectivity index (χ4n) is 6.10. The third kappa shape index (κ3) is 1.65. The van der Waals surface area contributed by atoms with Gasteiger partial charge >= 0.3 is 0 Å². The van der Waals surface area contributed by atoms with E-state index < -0.39 is 0 Å². The molecule has 4 aliphatic rings. The quantitative estimate of drug-likeness (QED) is 0.647. The molecule has 1 nitrogen and oxygen atoms in total. The summed E-state index contributed by atoms with van der Waals surface area (Å²) in [5.74, 6) is 2.48. The van der Waals surface area contributed by atoms with E-state index in [2.05, 4.69) is 32.1 Å². The Morgan fingerprint density at radius 1 is 1.15 bits per heavy atom. The minimum Gasteiger partial charge on any atom is -0.324 e. The third-order valence-corrected chi connectivity index (χ3v) is 7.42. The molecule has 0 aromatic rings. The first-order valence-corrected chi connectivity index (χ1v) is 8.68. The van der Waals surface area contributed by atoms with Crippen LogP contribution in [0.2, 0.25) is 0 Å². The fraction of sp³-hybridized carbons (Fsp3) is 0.789. The Hall–Kier alpha value is -0.560. The molecular weight excluding hydrogens is 242 g/mol. The molecule has 4 rings (SSSR count). The maximum absolute atomic E-state index is 6.17. The smallest absolute Gasteiger partial charge is 0.0226 e. The Bertz CT molecular complexity index is 476. The standard InChI is InChI=1S/C19H29N/c1-18-9-3-4-16(18)15-6-5-13-12-14(20)7-11-19(13,2)17(15)8-10-18/h6-7,11,13-14,16-17H,3-5,8-10,12,20H2,1-2H3/t13?,14?,16-,17-,18-,19-/m0/s1. The lowest BCUT2D eigenvalue weighted by atomic mass is 9.50. The SMILES string of the molecule is C[C@@]12CCC[C@H]1C1=CCC3CC(N)C=C[C@]3(C)[C@H]1CC2. The van der Waals surface area contributed by atoms with Crippen LogP contribution in [0.3, 0.4) is 0 Å². The summed E-state index contributed by atoms with van der Waals surface area (Å²) in [6.07, 6.45) is 17.1. The molecule has 110 valence electrons. The Kier molecular flexibility index (Phi) is 2.77. The van der Waals surface area contributed by atoms with Crippen molar-refractivity contribution in [2.75, 3.05) is 0 Å². The van der Waals surface area contributed by atoms with Gasteiger partial charge in [0.25, 0.3) is 0 Å². The molecule has 0 spiro atoms. The molecule has 6 atom stereocenters. The summed E-state index contributed by atoms with van der Waals surface area (Å²) in [4.78, 5) is 0. The van der Waals surface area contributed by atoms with Gasteiger partial charge in [0.2, 0.25) is 0 Å². The van der Waals surface area contributed by atoms with Crippen molar-refractivity contribution in [2.45, 2.75) is 64.8 Å². The number of hydrogen-bond donors (Lipinski definition) is 1. The first kappa shape index (κ1) is 13.1. The molecule has 0 aromatic carbocycles. The van der Waals surface area contributed by atoms with Crippen LogP contribution in [0.25, 0.3) is 0 Å². The van der Waals surface area contributed by atoms with Gasteiger partial charge in [-0.15, -0.1) is 0 Å². The zero-order valence-corrected chi connectivity index (χ0v) is 13.1. The summed E-state index contributed by atoms with van der Waals surface area (Å²) in [6.45, 7) is 5.08. The van der Waals surface area contributed by atoms with Crippen LogP contribution >= 0.6 is 0 Å². The van der Waals surface area contributed by atoms with Crippen LogP contribution in [0, 0.1) is 28.6 Å². The van der Waals surface area contributed by atoms with Gasteiger partial charge in [-0.25, -0.2) is 0 Å². The van der Waals surface area contributed by atoms with Gasteiger partial charge in [0, 0.05) is 6.04 Å². The molecule has 2 saturated carbocycles. The van der Waals surface area contributed by atoms with Crippen molar-refractivity contribution in [3.8, 4) is 0 Å². The van der Waals surface area contributed by atoms with E-state index in [0.717, 1.165) is 17.8 Å². The number of rotatable bonds is 0. The molecule has 20 heavy (non-hydrogen) atoms. The van der Waals surface area contributed by atoms with Gasteiger partial charge in [-0.05, 0) is 67.1 Å². The van der Waals surface area contributed by atoms with Crippen molar-refractivity contribution in [2.24, 2.45) is 34.3 Å². The molecule has 2 fully saturated rings. The summed E-state index contributed by atoms with van der Waals surface area (Å²) >= 11 is 0. The zero-order valence-electron chi connectivity index (χ0n) is 13.1. The molecular formula is C19H29N. The van der Waals surface area contributed by atoms with Gasteiger partial charge in [-0.1, -0.05) is 44.1 Å². The molecule has 0 bridgehead atoms. The van der Waals surface area contributed by atoms with Crippen molar-refractivity contribution < 1.29 is 0 Å². The van der Waals surface area contributed by atoms with Crippen LogP contribution in [0.5, 0.6) is 0 Å². The van der Waals surface area contributed by atoms with E-state index >= 15 is 0 Å². The largest absolute Gasteiger partial charge is 0.324 e. The summed E-state index contributed by atoms with van der Waals surface area (Å²) in [6, 6.07) is 0.295. The Morgan fingerprint density at radius 2 is 2.00 bits per heavy atom. The van der Waals surface area contributed by atoms with E-state index in [1.165, 1.54) is 44.9 Å². The predicted octanol–water partition coefficient (Wildman–Crippen LogP) is 4.44. The van der Waals surface area contributed by atoms with E-state index in [-0.39, 0.29) is 0 Å². The van der Waals surface area contributed by atoms with Gasteiger partial charge in [0.15, 0.2) is 0 Å². The summed E-state index contributed by atoms with van der Waals surface area (Å²) in [7, 11) is 0. The van der Waals surface area contributed by atoms with E-state index in [1.807, 2.05) is 5.57 Å². The first-order valence-electron chi connectivity index (χ1n) is 8.68. The van der Waals surface area contributed by atoms with E-state index in [9.17, 15) is 0 Å². The summed E-state index contributed by atoms with van der Waals surface area (Å²) in [5.41, 5.74) is 9.03. The average Bonchev–Trinajstić information content (AvgIpc) is 2.81. The predicted molar refractivity (Wildman–Crippen MR) is 84.2 cm³/mol. The highest BCUT2D eigenvalue weighted by Crippen LogP contribution is 2.63. The second-order valence-electron chi connectivity index (χ2n) is 8.45. The van der Waals surface area contributed by atoms with E-state index in [1.54, 1.807) is 0 Å². The molecule has 4 aliphatic carbocycles. The lowest BCUT2D eigenvalue weighted by Gasteiger charge is -2.55. The van der Waals surface area contributed by atoms with Crippen LogP contribution in [0.4, 0.5) is 0 Å². The average molecular weight is 271 g/mol. The van der Waals surface area contributed by atoms with Gasteiger partial charge in [0.1, 0.15) is 0 Å². The number of hydrogen-bond acceptors (Lipinski definition) is 1. The van der Waals surface area contributed by atoms with Crippen molar-refractivity contribution in [1.29, 1.82) is 0 Å². The Balaban J connectivity index is 1.72. The third-order valence-electron chi connectivity index (χ3n) is 7.42. The first-order chi connectivity index (χ1) is 9.53. The lowest BCUT2D eigenvalue weighted by molar-refractivity contribution is 0.0643. The second kappa shape index (κ2) is 4.22. The zero-order chi connectivity index (χ0) is 14.0. The summed E-state index contributed by atoms with van der Waals surface area (Å²) in [5, 5.41) is 0. The normalized spacial score (nSPS) is 53.9. The van der Waals surface area contributed by atoms with Crippen molar-refractivity contribution in [3.63, 3.8) is 0 Å². The van der Waals surface area contributed by atoms with Crippen LogP contribution in [0.15, 0.2) is 23.8 Å². The van der Waals surface area contributed by atoms with Gasteiger partial charge in [-0.3, -0.25) is 0 Å². The minimum absolute atomic E-state index is 0.295. The maximum Gasteiger partial charge on any atom is 0.0226 e. The molecule has 0 radical (unpaired) electrons. The van der Waals surface area contributed by atoms with E-state index in [0.29, 0.717) is 16.9 Å². The molecule has 0 aromatic heterocycles. The fourth-order valence-corrected chi connectivity index (χ4v) is 6.10. The highest BCUT2D eigenvalue weighted by atomic mass is 14.7. The topological polar surface area (TPSA) is 26.0 Å². The summed E-state index contributed by atoms with van der Waals surface area (Å²) < 4.78 is 0. The molecule has 1 heteroatoms. The van der Waals surface area contributed by atoms with Gasteiger partial charge < -0.3 is 5.73 Å². The monoisotopic (exact) mass is 271 g/mol. The van der Waals surface area contributed by atoms with Gasteiger partial charge in [-0.2, -0.15) is 0 Å². The number of fused-ring (bicyclic) bond motifs is 5. The lowest BCUT2D eigenvalue weighted by Crippen LogP contribution is -2.47. The van der Waals surface area contributed by atoms with E-state index in [4.69, 9.17) is 5.73 Å². The molecule has 2 unspecified atom stereocenters. The highest BCUT2D eigenvalue weighted by Gasteiger charge is 2.53. The Labute approximate surface area is 123 Å². The molecule has 0 amide bonds.